The maximum Gasteiger partial charge on any atom is 0.251 e. The zero-order valence-corrected chi connectivity index (χ0v) is 12.8. The smallest absolute Gasteiger partial charge is 0.251 e. The fourth-order valence-electron chi connectivity index (χ4n) is 2.04. The van der Waals surface area contributed by atoms with Crippen molar-refractivity contribution in [2.24, 2.45) is 7.05 Å². The van der Waals surface area contributed by atoms with Crippen LogP contribution in [0.4, 0.5) is 0 Å². The normalized spacial score (nSPS) is 13.8. The van der Waals surface area contributed by atoms with Gasteiger partial charge in [0.1, 0.15) is 5.60 Å². The molecule has 1 unspecified atom stereocenters. The van der Waals surface area contributed by atoms with Gasteiger partial charge in [0.2, 0.25) is 0 Å². The Bertz CT molecular complexity index is 659. The Morgan fingerprint density at radius 2 is 2.10 bits per heavy atom. The Morgan fingerprint density at radius 3 is 2.67 bits per heavy atom. The van der Waals surface area contributed by atoms with E-state index >= 15 is 0 Å². The number of benzene rings is 1. The molecule has 0 saturated carbocycles. The first-order valence-corrected chi connectivity index (χ1v) is 6.86. The maximum atomic E-state index is 12.1. The average molecular weight is 287 g/mol. The van der Waals surface area contributed by atoms with E-state index < -0.39 is 5.60 Å². The van der Waals surface area contributed by atoms with E-state index in [-0.39, 0.29) is 12.5 Å². The summed E-state index contributed by atoms with van der Waals surface area (Å²) in [4.78, 5) is 12.1. The minimum Gasteiger partial charge on any atom is -0.383 e. The first kappa shape index (κ1) is 15.3. The summed E-state index contributed by atoms with van der Waals surface area (Å²) in [6, 6.07) is 5.56. The molecule has 1 aromatic carbocycles. The van der Waals surface area contributed by atoms with Gasteiger partial charge in [0.15, 0.2) is 0 Å². The molecule has 2 N–H and O–H groups in total. The molecule has 0 bridgehead atoms. The summed E-state index contributed by atoms with van der Waals surface area (Å²) in [5, 5.41) is 17.2. The predicted octanol–water partition coefficient (Wildman–Crippen LogP) is 1.67. The van der Waals surface area contributed by atoms with Crippen molar-refractivity contribution in [1.29, 1.82) is 0 Å². The van der Waals surface area contributed by atoms with Gasteiger partial charge < -0.3 is 10.4 Å². The minimum absolute atomic E-state index is 0.129. The molecule has 1 atom stereocenters. The van der Waals surface area contributed by atoms with Crippen LogP contribution in [0.3, 0.4) is 0 Å². The molecule has 112 valence electrons. The summed E-state index contributed by atoms with van der Waals surface area (Å²) in [5.41, 5.74) is 2.34. The molecular weight excluding hydrogens is 266 g/mol. The second kappa shape index (κ2) is 5.69. The van der Waals surface area contributed by atoms with Gasteiger partial charge in [-0.25, -0.2) is 0 Å². The van der Waals surface area contributed by atoms with Crippen LogP contribution in [0.15, 0.2) is 30.6 Å². The Balaban J connectivity index is 2.04. The Kier molecular flexibility index (Phi) is 4.14. The van der Waals surface area contributed by atoms with Crippen molar-refractivity contribution >= 4 is 5.91 Å². The molecule has 5 heteroatoms. The van der Waals surface area contributed by atoms with Crippen LogP contribution in [0.5, 0.6) is 0 Å². The summed E-state index contributed by atoms with van der Waals surface area (Å²) in [5.74, 6) is -0.192. The van der Waals surface area contributed by atoms with E-state index in [1.54, 1.807) is 37.1 Å². The van der Waals surface area contributed by atoms with Gasteiger partial charge in [-0.3, -0.25) is 9.48 Å². The molecule has 1 aromatic heterocycles. The van der Waals surface area contributed by atoms with Gasteiger partial charge in [0, 0.05) is 24.4 Å². The number of aromatic nitrogens is 2. The van der Waals surface area contributed by atoms with E-state index in [0.29, 0.717) is 11.1 Å². The van der Waals surface area contributed by atoms with Gasteiger partial charge in [-0.05, 0) is 44.0 Å². The molecule has 0 aliphatic rings. The van der Waals surface area contributed by atoms with Crippen LogP contribution in [-0.4, -0.2) is 27.3 Å². The molecule has 0 radical (unpaired) electrons. The van der Waals surface area contributed by atoms with E-state index in [2.05, 4.69) is 10.4 Å². The number of aliphatic hydroxyl groups is 1. The third kappa shape index (κ3) is 3.49. The fraction of sp³-hybridized carbons (Fsp3) is 0.375. The van der Waals surface area contributed by atoms with Crippen LogP contribution in [0.2, 0.25) is 0 Å². The molecule has 1 heterocycles. The Morgan fingerprint density at radius 1 is 1.38 bits per heavy atom. The van der Waals surface area contributed by atoms with E-state index in [1.165, 1.54) is 0 Å². The summed E-state index contributed by atoms with van der Waals surface area (Å²) in [6.07, 6.45) is 3.34. The standard InChI is InChI=1S/C16H21N3O2/c1-11-5-6-13(7-12(11)2)15(20)17-10-16(3,21)14-8-18-19(4)9-14/h5-9,21H,10H2,1-4H3,(H,17,20). The monoisotopic (exact) mass is 287 g/mol. The Hall–Kier alpha value is -2.14. The highest BCUT2D eigenvalue weighted by molar-refractivity contribution is 5.94. The first-order chi connectivity index (χ1) is 9.79. The number of carbonyl (C=O) groups excluding carboxylic acids is 1. The quantitative estimate of drug-likeness (QED) is 0.899. The van der Waals surface area contributed by atoms with E-state index in [4.69, 9.17) is 0 Å². The molecule has 0 aliphatic carbocycles. The number of carbonyl (C=O) groups is 1. The van der Waals surface area contributed by atoms with Crippen LogP contribution in [0, 0.1) is 13.8 Å². The number of amides is 1. The number of nitrogens with one attached hydrogen (secondary N) is 1. The van der Waals surface area contributed by atoms with Gasteiger partial charge in [-0.1, -0.05) is 6.07 Å². The number of hydrogen-bond acceptors (Lipinski definition) is 3. The number of aryl methyl sites for hydroxylation is 3. The van der Waals surface area contributed by atoms with Crippen molar-refractivity contribution in [3.05, 3.63) is 52.8 Å². The van der Waals surface area contributed by atoms with Crippen molar-refractivity contribution in [2.75, 3.05) is 6.54 Å². The maximum absolute atomic E-state index is 12.1. The number of rotatable bonds is 4. The van der Waals surface area contributed by atoms with Crippen molar-refractivity contribution in [1.82, 2.24) is 15.1 Å². The van der Waals surface area contributed by atoms with Crippen LogP contribution in [0.25, 0.3) is 0 Å². The van der Waals surface area contributed by atoms with Crippen LogP contribution in [-0.2, 0) is 12.6 Å². The van der Waals surface area contributed by atoms with Gasteiger partial charge >= 0.3 is 0 Å². The third-order valence-corrected chi connectivity index (χ3v) is 3.69. The molecule has 1 amide bonds. The molecule has 2 aromatic rings. The lowest BCUT2D eigenvalue weighted by Gasteiger charge is -2.22. The second-order valence-corrected chi connectivity index (χ2v) is 5.66. The Labute approximate surface area is 124 Å². The van der Waals surface area contributed by atoms with Gasteiger partial charge in [-0.15, -0.1) is 0 Å². The highest BCUT2D eigenvalue weighted by Gasteiger charge is 2.25. The predicted molar refractivity (Wildman–Crippen MR) is 81.0 cm³/mol. The largest absolute Gasteiger partial charge is 0.383 e. The van der Waals surface area contributed by atoms with Crippen LogP contribution in [0.1, 0.15) is 34.0 Å². The summed E-state index contributed by atoms with van der Waals surface area (Å²) < 4.78 is 1.62. The molecule has 0 fully saturated rings. The topological polar surface area (TPSA) is 67.2 Å². The summed E-state index contributed by atoms with van der Waals surface area (Å²) >= 11 is 0. The van der Waals surface area contributed by atoms with E-state index in [0.717, 1.165) is 11.1 Å². The zero-order valence-electron chi connectivity index (χ0n) is 12.8. The third-order valence-electron chi connectivity index (χ3n) is 3.69. The minimum atomic E-state index is -1.15. The van der Waals surface area contributed by atoms with E-state index in [9.17, 15) is 9.90 Å². The lowest BCUT2D eigenvalue weighted by Crippen LogP contribution is -2.38. The van der Waals surface area contributed by atoms with E-state index in [1.807, 2.05) is 26.0 Å². The van der Waals surface area contributed by atoms with Crippen molar-refractivity contribution < 1.29 is 9.90 Å². The van der Waals surface area contributed by atoms with Crippen molar-refractivity contribution in [3.8, 4) is 0 Å². The van der Waals surface area contributed by atoms with Crippen molar-refractivity contribution in [2.45, 2.75) is 26.4 Å². The number of hydrogen-bond donors (Lipinski definition) is 2. The lowest BCUT2D eigenvalue weighted by molar-refractivity contribution is 0.0526. The summed E-state index contributed by atoms with van der Waals surface area (Å²) in [6.45, 7) is 5.76. The lowest BCUT2D eigenvalue weighted by atomic mass is 9.99. The second-order valence-electron chi connectivity index (χ2n) is 5.66. The first-order valence-electron chi connectivity index (χ1n) is 6.86. The molecule has 21 heavy (non-hydrogen) atoms. The molecule has 0 spiro atoms. The molecule has 2 rings (SSSR count). The fourth-order valence-corrected chi connectivity index (χ4v) is 2.04. The van der Waals surface area contributed by atoms with Crippen LogP contribution >= 0.6 is 0 Å². The van der Waals surface area contributed by atoms with Crippen LogP contribution < -0.4 is 5.32 Å². The highest BCUT2D eigenvalue weighted by Crippen LogP contribution is 2.18. The van der Waals surface area contributed by atoms with Gasteiger partial charge in [0.25, 0.3) is 5.91 Å². The van der Waals surface area contributed by atoms with Crippen molar-refractivity contribution in [3.63, 3.8) is 0 Å². The highest BCUT2D eigenvalue weighted by atomic mass is 16.3. The molecule has 5 nitrogen and oxygen atoms in total. The SMILES string of the molecule is Cc1ccc(C(=O)NCC(C)(O)c2cnn(C)c2)cc1C. The molecular formula is C16H21N3O2. The zero-order chi connectivity index (χ0) is 15.6. The summed E-state index contributed by atoms with van der Waals surface area (Å²) in [7, 11) is 1.78. The molecule has 0 aliphatic heterocycles. The number of nitrogens with zero attached hydrogens (tertiary/aromatic N) is 2. The molecule has 0 saturated heterocycles. The average Bonchev–Trinajstić information content (AvgIpc) is 2.87. The van der Waals surface area contributed by atoms with Gasteiger partial charge in [-0.2, -0.15) is 5.10 Å². The van der Waals surface area contributed by atoms with Gasteiger partial charge in [0.05, 0.1) is 12.7 Å².